The minimum atomic E-state index is -5.30. The van der Waals surface area contributed by atoms with Crippen molar-refractivity contribution in [3.05, 3.63) is 0 Å². The van der Waals surface area contributed by atoms with Gasteiger partial charge in [0.15, 0.2) is 6.10 Å². The van der Waals surface area contributed by atoms with E-state index in [1.54, 1.807) is 0 Å². The van der Waals surface area contributed by atoms with Crippen molar-refractivity contribution in [2.75, 3.05) is 13.2 Å². The van der Waals surface area contributed by atoms with Gasteiger partial charge in [0.2, 0.25) is 5.91 Å². The summed E-state index contributed by atoms with van der Waals surface area (Å²) in [6.45, 7) is 2.22. The molecule has 0 heterocycles. The van der Waals surface area contributed by atoms with Crippen LogP contribution in [0.2, 0.25) is 0 Å². The van der Waals surface area contributed by atoms with Crippen LogP contribution < -0.4 is 74.6 Å². The molecule has 10 nitrogen and oxygen atoms in total. The Hall–Kier alpha value is -1.24. The second kappa shape index (κ2) is 35.2. The molecule has 0 spiro atoms. The van der Waals surface area contributed by atoms with Crippen LogP contribution in [-0.2, 0) is 32.9 Å². The van der Waals surface area contributed by atoms with Crippen molar-refractivity contribution in [1.82, 2.24) is 0 Å². The second-order valence-corrected chi connectivity index (χ2v) is 10.1. The normalized spacial score (nSPS) is 9.93. The maximum absolute atomic E-state index is 12.1. The summed E-state index contributed by atoms with van der Waals surface area (Å²) in [6.07, 6.45) is 18.9. The van der Waals surface area contributed by atoms with Gasteiger partial charge in [-0.05, 0) is 41.9 Å². The predicted octanol–water partition coefficient (Wildman–Crippen LogP) is -1.37. The number of esters is 2. The molecule has 0 bridgehead atoms. The molecule has 2 N–H and O–H groups in total. The van der Waals surface area contributed by atoms with Gasteiger partial charge < -0.3 is 34.1 Å². The number of hydrogen-bond donors (Lipinski definition) is 1. The van der Waals surface area contributed by atoms with Crippen LogP contribution in [0.3, 0.4) is 0 Å². The molecule has 13 heteroatoms. The maximum atomic E-state index is 12.1. The standard InChI is InChI=1S/C28H39O8P.C2H5NO.2Na.7H2/c1-3-5-7-9-11-12-13-14-15-16-17-19-21-23-28(30)36-26(25-35-37(31,32)33)24-34-27(29)22-20-18-10-8-6-4-2;1-2(3)4;;;;;;;;;/h2,26H,3,5,7,9,11-17,19,21,23-25H2,1H3,(H2,31,32,33);1H3,(H2,3,4);;;7*1H/q;;2*+1;;;;;;;/p-2/t26-;;;;;;;;;;/m1........../s1. The summed E-state index contributed by atoms with van der Waals surface area (Å²) in [7, 11) is -5.30. The monoisotopic (exact) mass is 651 g/mol. The zero-order valence-corrected chi connectivity index (χ0v) is 31.1. The topological polar surface area (TPSA) is 168 Å². The fourth-order valence-corrected chi connectivity index (χ4v) is 3.59. The minimum absolute atomic E-state index is 0. The number of carbonyl (C=O) groups is 3. The first-order valence-electron chi connectivity index (χ1n) is 13.8. The molecule has 0 rings (SSSR count). The van der Waals surface area contributed by atoms with Gasteiger partial charge in [0.05, 0.1) is 14.4 Å². The molecule has 43 heavy (non-hydrogen) atoms. The summed E-state index contributed by atoms with van der Waals surface area (Å²) in [5.41, 5.74) is 4.47. The number of hydrogen-bond acceptors (Lipinski definition) is 9. The quantitative estimate of drug-likeness (QED) is 0.0417. The SMILES string of the molecule is C#CC#CC#CC#CC(=O)OC[C@H](COP(=O)([O-])[O-])OC(=O)CCCCCCCCCCCCCCC.CC(N)=O.[HH].[HH].[HH].[HH].[HH].[HH].[HH].[Na+].[Na+]. The van der Waals surface area contributed by atoms with E-state index in [1.165, 1.54) is 64.7 Å². The average Bonchev–Trinajstić information content (AvgIpc) is 2.89. The molecule has 0 radical (unpaired) electrons. The van der Waals surface area contributed by atoms with E-state index in [9.17, 15) is 28.7 Å². The van der Waals surface area contributed by atoms with Crippen LogP contribution in [-0.4, -0.2) is 37.2 Å². The van der Waals surface area contributed by atoms with Crippen molar-refractivity contribution < 1.29 is 112 Å². The Labute approximate surface area is 312 Å². The average molecular weight is 652 g/mol. The van der Waals surface area contributed by atoms with Crippen LogP contribution in [0.25, 0.3) is 0 Å². The van der Waals surface area contributed by atoms with Crippen molar-refractivity contribution in [3.63, 3.8) is 0 Å². The number of ether oxygens (including phenoxy) is 2. The minimum Gasteiger partial charge on any atom is -0.790 e. The number of unbranched alkanes of at least 4 members (excludes halogenated alkanes) is 12. The number of terminal acetylenes is 1. The van der Waals surface area contributed by atoms with Gasteiger partial charge in [-0.25, -0.2) is 4.79 Å². The molecular formula is C30H56NNa2O9P. The molecule has 0 unspecified atom stereocenters. The number of carbonyl (C=O) groups excluding carboxylic acids is 3. The van der Waals surface area contributed by atoms with E-state index in [-0.39, 0.29) is 81.4 Å². The second-order valence-electron chi connectivity index (χ2n) is 8.95. The first kappa shape index (κ1) is 48.7. The van der Waals surface area contributed by atoms with Gasteiger partial charge in [-0.2, -0.15) is 0 Å². The predicted molar refractivity (Wildman–Crippen MR) is 167 cm³/mol. The number of rotatable bonds is 20. The van der Waals surface area contributed by atoms with E-state index < -0.39 is 39.1 Å². The molecular weight excluding hydrogens is 595 g/mol. The molecule has 0 aliphatic carbocycles. The molecule has 0 aromatic rings. The fraction of sp³-hybridized carbons (Fsp3) is 0.633. The Balaban J connectivity index is -0.000000123. The fourth-order valence-electron chi connectivity index (χ4n) is 3.24. The van der Waals surface area contributed by atoms with Crippen molar-refractivity contribution in [2.45, 2.75) is 110 Å². The third-order valence-corrected chi connectivity index (χ3v) is 5.55. The summed E-state index contributed by atoms with van der Waals surface area (Å²) in [5.74, 6) is 13.5. The molecule has 0 aromatic carbocycles. The molecule has 1 amide bonds. The van der Waals surface area contributed by atoms with Crippen LogP contribution in [0.15, 0.2) is 0 Å². The van der Waals surface area contributed by atoms with Crippen LogP contribution in [0.1, 0.15) is 114 Å². The van der Waals surface area contributed by atoms with Crippen LogP contribution in [0.5, 0.6) is 0 Å². The Morgan fingerprint density at radius 3 is 1.72 bits per heavy atom. The third kappa shape index (κ3) is 45.3. The Morgan fingerprint density at radius 1 is 0.814 bits per heavy atom. The molecule has 0 saturated heterocycles. The van der Waals surface area contributed by atoms with Crippen LogP contribution in [0, 0.1) is 47.9 Å². The Bertz CT molecular complexity index is 1060. The van der Waals surface area contributed by atoms with Crippen molar-refractivity contribution >= 4 is 25.7 Å². The van der Waals surface area contributed by atoms with E-state index >= 15 is 0 Å². The van der Waals surface area contributed by atoms with Gasteiger partial charge in [-0.1, -0.05) is 84.0 Å². The number of nitrogens with two attached hydrogens (primary N) is 1. The van der Waals surface area contributed by atoms with E-state index in [0.717, 1.165) is 19.3 Å². The zero-order chi connectivity index (χ0) is 31.2. The number of amides is 1. The summed E-state index contributed by atoms with van der Waals surface area (Å²) < 4.78 is 24.9. The smallest absolute Gasteiger partial charge is 0.790 e. The summed E-state index contributed by atoms with van der Waals surface area (Å²) in [6, 6.07) is 0. The Morgan fingerprint density at radius 2 is 1.26 bits per heavy atom. The van der Waals surface area contributed by atoms with E-state index in [1.807, 2.05) is 0 Å². The summed E-state index contributed by atoms with van der Waals surface area (Å²) >= 11 is 0. The molecule has 0 aromatic heterocycles. The van der Waals surface area contributed by atoms with Crippen molar-refractivity contribution in [1.29, 1.82) is 0 Å². The van der Waals surface area contributed by atoms with Gasteiger partial charge in [0.25, 0.3) is 0 Å². The first-order chi connectivity index (χ1) is 19.5. The van der Waals surface area contributed by atoms with Crippen molar-refractivity contribution in [3.8, 4) is 47.9 Å². The van der Waals surface area contributed by atoms with Crippen LogP contribution in [0.4, 0.5) is 0 Å². The zero-order valence-electron chi connectivity index (χ0n) is 26.2. The Kier molecular flexibility index (Phi) is 39.9. The van der Waals surface area contributed by atoms with Gasteiger partial charge in [-0.15, -0.1) is 6.42 Å². The van der Waals surface area contributed by atoms with E-state index in [4.69, 9.17) is 15.9 Å². The summed E-state index contributed by atoms with van der Waals surface area (Å²) in [4.78, 5) is 54.5. The van der Waals surface area contributed by atoms with Gasteiger partial charge in [-0.3, -0.25) is 9.59 Å². The van der Waals surface area contributed by atoms with Crippen LogP contribution >= 0.6 is 7.82 Å². The molecule has 1 atom stereocenters. The largest absolute Gasteiger partial charge is 1.00 e. The molecule has 0 aliphatic heterocycles. The third-order valence-electron chi connectivity index (χ3n) is 5.09. The molecule has 0 aliphatic rings. The van der Waals surface area contributed by atoms with Gasteiger partial charge in [0.1, 0.15) is 6.61 Å². The number of primary amides is 1. The van der Waals surface area contributed by atoms with Gasteiger partial charge in [0, 0.05) is 29.3 Å². The maximum Gasteiger partial charge on any atom is 1.00 e. The van der Waals surface area contributed by atoms with E-state index in [0.29, 0.717) is 6.42 Å². The molecule has 0 saturated carbocycles. The number of phosphoric acid groups is 1. The summed E-state index contributed by atoms with van der Waals surface area (Å²) in [5, 5.41) is 0. The van der Waals surface area contributed by atoms with Crippen molar-refractivity contribution in [2.24, 2.45) is 5.73 Å². The number of phosphoric ester groups is 1. The molecule has 242 valence electrons. The van der Waals surface area contributed by atoms with Gasteiger partial charge >= 0.3 is 71.1 Å². The van der Waals surface area contributed by atoms with E-state index in [2.05, 4.69) is 58.6 Å². The first-order valence-corrected chi connectivity index (χ1v) is 15.2. The molecule has 0 fully saturated rings.